The number of benzene rings is 2. The van der Waals surface area contributed by atoms with Gasteiger partial charge in [-0.1, -0.05) is 12.1 Å². The molecule has 0 unspecified atom stereocenters. The van der Waals surface area contributed by atoms with E-state index in [1.54, 1.807) is 7.11 Å². The van der Waals surface area contributed by atoms with Crippen LogP contribution in [-0.2, 0) is 0 Å². The Morgan fingerprint density at radius 1 is 1.04 bits per heavy atom. The molecule has 3 aromatic rings. The first-order valence-corrected chi connectivity index (χ1v) is 7.85. The summed E-state index contributed by atoms with van der Waals surface area (Å²) < 4.78 is 16.7. The second-order valence-electron chi connectivity index (χ2n) is 5.65. The van der Waals surface area contributed by atoms with Crippen LogP contribution in [0, 0.1) is 6.92 Å². The van der Waals surface area contributed by atoms with Crippen molar-refractivity contribution in [2.75, 3.05) is 25.6 Å². The fraction of sp³-hybridized carbons (Fsp3) is 0.211. The molecule has 2 heterocycles. The molecule has 5 nitrogen and oxygen atoms in total. The van der Waals surface area contributed by atoms with Crippen molar-refractivity contribution in [2.45, 2.75) is 6.92 Å². The predicted octanol–water partition coefficient (Wildman–Crippen LogP) is 1.07. The van der Waals surface area contributed by atoms with Crippen LogP contribution >= 0.6 is 0 Å². The second kappa shape index (κ2) is 7.07. The van der Waals surface area contributed by atoms with Gasteiger partial charge in [-0.25, -0.2) is 4.98 Å². The predicted molar refractivity (Wildman–Crippen MR) is 93.7 cm³/mol. The number of ether oxygens (including phenoxy) is 3. The summed E-state index contributed by atoms with van der Waals surface area (Å²) in [6, 6.07) is 13.8. The molecule has 25 heavy (non-hydrogen) atoms. The standard InChI is InChI=1S/C19H18N2O3.ClH/c1-12-10-15(14-4-3-5-17(22-2)19(14)20-12)21-13-6-7-16-18(11-13)24-9-8-23-16;/h3-7,10-11H,8-9H2,1-2H3,(H,20,21);1H/p-1. The van der Waals surface area contributed by atoms with E-state index in [0.717, 1.165) is 45.2 Å². The van der Waals surface area contributed by atoms with E-state index in [0.29, 0.717) is 13.2 Å². The van der Waals surface area contributed by atoms with Gasteiger partial charge in [-0.15, -0.1) is 0 Å². The molecule has 0 aliphatic carbocycles. The third-order valence-corrected chi connectivity index (χ3v) is 3.97. The molecule has 0 amide bonds. The van der Waals surface area contributed by atoms with Gasteiger partial charge in [-0.3, -0.25) is 0 Å². The highest BCUT2D eigenvalue weighted by Gasteiger charge is 2.13. The number of para-hydroxylation sites is 1. The molecular formula is C19H18ClN2O3-. The molecule has 0 radical (unpaired) electrons. The number of pyridine rings is 1. The molecule has 2 aromatic carbocycles. The third kappa shape index (κ3) is 3.28. The Bertz CT molecular complexity index is 915. The Labute approximate surface area is 152 Å². The molecule has 0 saturated carbocycles. The lowest BCUT2D eigenvalue weighted by molar-refractivity contribution is -0.00000575. The maximum atomic E-state index is 5.65. The Balaban J connectivity index is 0.00000182. The second-order valence-corrected chi connectivity index (χ2v) is 5.65. The first-order valence-electron chi connectivity index (χ1n) is 7.85. The molecule has 130 valence electrons. The fourth-order valence-corrected chi connectivity index (χ4v) is 2.90. The highest BCUT2D eigenvalue weighted by atomic mass is 35.5. The van der Waals surface area contributed by atoms with Gasteiger partial charge in [-0.05, 0) is 31.2 Å². The zero-order chi connectivity index (χ0) is 16.5. The van der Waals surface area contributed by atoms with E-state index < -0.39 is 0 Å². The zero-order valence-corrected chi connectivity index (χ0v) is 14.8. The van der Waals surface area contributed by atoms with Crippen molar-refractivity contribution in [3.63, 3.8) is 0 Å². The van der Waals surface area contributed by atoms with E-state index in [1.807, 2.05) is 49.4 Å². The average Bonchev–Trinajstić information content (AvgIpc) is 2.61. The minimum Gasteiger partial charge on any atom is -1.00 e. The van der Waals surface area contributed by atoms with Crippen LogP contribution in [0.25, 0.3) is 10.9 Å². The van der Waals surface area contributed by atoms with Crippen LogP contribution in [-0.4, -0.2) is 25.3 Å². The molecule has 6 heteroatoms. The summed E-state index contributed by atoms with van der Waals surface area (Å²) in [6.07, 6.45) is 0. The molecule has 0 fully saturated rings. The van der Waals surface area contributed by atoms with Crippen LogP contribution in [0.2, 0.25) is 0 Å². The van der Waals surface area contributed by atoms with Crippen LogP contribution in [0.3, 0.4) is 0 Å². The molecule has 1 aliphatic rings. The van der Waals surface area contributed by atoms with E-state index in [2.05, 4.69) is 10.3 Å². The topological polar surface area (TPSA) is 52.6 Å². The molecule has 0 saturated heterocycles. The van der Waals surface area contributed by atoms with Crippen molar-refractivity contribution in [1.82, 2.24) is 4.98 Å². The van der Waals surface area contributed by atoms with Crippen LogP contribution in [0.15, 0.2) is 42.5 Å². The minimum absolute atomic E-state index is 0. The molecular weight excluding hydrogens is 340 g/mol. The molecule has 1 aliphatic heterocycles. The van der Waals surface area contributed by atoms with Gasteiger partial charge >= 0.3 is 0 Å². The number of aromatic nitrogens is 1. The zero-order valence-electron chi connectivity index (χ0n) is 14.0. The smallest absolute Gasteiger partial charge is 0.163 e. The van der Waals surface area contributed by atoms with Crippen LogP contribution in [0.4, 0.5) is 11.4 Å². The number of nitrogens with zero attached hydrogens (tertiary/aromatic N) is 1. The molecule has 1 N–H and O–H groups in total. The van der Waals surface area contributed by atoms with Crippen LogP contribution in [0.5, 0.6) is 17.2 Å². The molecule has 0 bridgehead atoms. The quantitative estimate of drug-likeness (QED) is 0.760. The number of hydrogen-bond acceptors (Lipinski definition) is 5. The maximum absolute atomic E-state index is 5.65. The lowest BCUT2D eigenvalue weighted by Gasteiger charge is -2.19. The van der Waals surface area contributed by atoms with Crippen LogP contribution in [0.1, 0.15) is 5.69 Å². The number of aryl methyl sites for hydroxylation is 1. The van der Waals surface area contributed by atoms with Gasteiger partial charge in [0.15, 0.2) is 11.5 Å². The SMILES string of the molecule is COc1cccc2c(Nc3ccc4c(c3)OCCO4)cc(C)nc12.[Cl-]. The molecule has 1 aromatic heterocycles. The number of nitrogens with one attached hydrogen (secondary N) is 1. The van der Waals surface area contributed by atoms with Crippen molar-refractivity contribution >= 4 is 22.3 Å². The van der Waals surface area contributed by atoms with Gasteiger partial charge in [0.2, 0.25) is 0 Å². The van der Waals surface area contributed by atoms with Gasteiger partial charge in [0.05, 0.1) is 7.11 Å². The average molecular weight is 358 g/mol. The van der Waals surface area contributed by atoms with Gasteiger partial charge in [0.25, 0.3) is 0 Å². The fourth-order valence-electron chi connectivity index (χ4n) is 2.90. The summed E-state index contributed by atoms with van der Waals surface area (Å²) in [5.74, 6) is 2.31. The Hall–Kier alpha value is -2.66. The summed E-state index contributed by atoms with van der Waals surface area (Å²) in [5, 5.41) is 4.47. The first kappa shape index (κ1) is 17.2. The van der Waals surface area contributed by atoms with Crippen molar-refractivity contribution in [3.8, 4) is 17.2 Å². The molecule has 0 atom stereocenters. The normalized spacial score (nSPS) is 12.4. The number of fused-ring (bicyclic) bond motifs is 2. The molecule has 4 rings (SSSR count). The van der Waals surface area contributed by atoms with Crippen molar-refractivity contribution < 1.29 is 26.6 Å². The highest BCUT2D eigenvalue weighted by Crippen LogP contribution is 2.36. The van der Waals surface area contributed by atoms with E-state index in [-0.39, 0.29) is 12.4 Å². The summed E-state index contributed by atoms with van der Waals surface area (Å²) in [7, 11) is 1.66. The lowest BCUT2D eigenvalue weighted by Crippen LogP contribution is -3.00. The first-order chi connectivity index (χ1) is 11.7. The highest BCUT2D eigenvalue weighted by molar-refractivity contribution is 5.96. The summed E-state index contributed by atoms with van der Waals surface area (Å²) in [4.78, 5) is 4.61. The van der Waals surface area contributed by atoms with Gasteiger partial charge in [0, 0.05) is 28.5 Å². The largest absolute Gasteiger partial charge is 1.00 e. The number of halogens is 1. The Kier molecular flexibility index (Phi) is 4.86. The van der Waals surface area contributed by atoms with Crippen molar-refractivity contribution in [1.29, 1.82) is 0 Å². The summed E-state index contributed by atoms with van der Waals surface area (Å²) >= 11 is 0. The maximum Gasteiger partial charge on any atom is 0.163 e. The summed E-state index contributed by atoms with van der Waals surface area (Å²) in [5.41, 5.74) is 3.69. The number of hydrogen-bond donors (Lipinski definition) is 1. The number of rotatable bonds is 3. The van der Waals surface area contributed by atoms with E-state index in [4.69, 9.17) is 14.2 Å². The summed E-state index contributed by atoms with van der Waals surface area (Å²) in [6.45, 7) is 3.14. The Morgan fingerprint density at radius 2 is 1.84 bits per heavy atom. The van der Waals surface area contributed by atoms with Crippen LogP contribution < -0.4 is 31.9 Å². The number of methoxy groups -OCH3 is 1. The minimum atomic E-state index is 0. The van der Waals surface area contributed by atoms with Crippen molar-refractivity contribution in [2.24, 2.45) is 0 Å². The van der Waals surface area contributed by atoms with Gasteiger partial charge in [0.1, 0.15) is 24.5 Å². The number of anilines is 2. The van der Waals surface area contributed by atoms with E-state index >= 15 is 0 Å². The van der Waals surface area contributed by atoms with E-state index in [9.17, 15) is 0 Å². The van der Waals surface area contributed by atoms with Gasteiger partial charge in [-0.2, -0.15) is 0 Å². The van der Waals surface area contributed by atoms with E-state index in [1.165, 1.54) is 0 Å². The lowest BCUT2D eigenvalue weighted by atomic mass is 10.1. The van der Waals surface area contributed by atoms with Gasteiger partial charge < -0.3 is 31.9 Å². The Morgan fingerprint density at radius 3 is 2.64 bits per heavy atom. The third-order valence-electron chi connectivity index (χ3n) is 3.97. The molecule has 0 spiro atoms. The van der Waals surface area contributed by atoms with Crippen molar-refractivity contribution in [3.05, 3.63) is 48.2 Å². The monoisotopic (exact) mass is 357 g/mol.